The van der Waals surface area contributed by atoms with E-state index in [-0.39, 0.29) is 37.2 Å². The molecule has 1 aromatic heterocycles. The molecule has 0 saturated carbocycles. The minimum Gasteiger partial charge on any atom is -0.383 e. The molecule has 3 aromatic rings. The number of carbonyl (C=O) groups excluding carboxylic acids is 2. The highest BCUT2D eigenvalue weighted by Crippen LogP contribution is 2.16. The molecule has 8 nitrogen and oxygen atoms in total. The Morgan fingerprint density at radius 2 is 1.74 bits per heavy atom. The number of non-ortho nitro benzene ring substituents is 1. The van der Waals surface area contributed by atoms with Crippen LogP contribution in [-0.2, 0) is 27.4 Å². The number of methoxy groups -OCH3 is 1. The molecular weight excluding hydrogens is 466 g/mol. The van der Waals surface area contributed by atoms with Crippen molar-refractivity contribution in [3.8, 4) is 0 Å². The fourth-order valence-corrected chi connectivity index (χ4v) is 4.06. The molecular formula is C26H27N3O5S. The molecule has 35 heavy (non-hydrogen) atoms. The van der Waals surface area contributed by atoms with Crippen molar-refractivity contribution in [3.05, 3.63) is 104 Å². The minimum absolute atomic E-state index is 0.0231. The van der Waals surface area contributed by atoms with Gasteiger partial charge in [0, 0.05) is 43.3 Å². The molecule has 182 valence electrons. The molecule has 0 unspecified atom stereocenters. The molecule has 0 radical (unpaired) electrons. The van der Waals surface area contributed by atoms with Gasteiger partial charge in [-0.15, -0.1) is 11.3 Å². The fourth-order valence-electron chi connectivity index (χ4n) is 3.34. The molecule has 0 N–H and O–H groups in total. The van der Waals surface area contributed by atoms with Crippen molar-refractivity contribution in [3.63, 3.8) is 0 Å². The Bertz CT molecular complexity index is 1130. The van der Waals surface area contributed by atoms with E-state index in [9.17, 15) is 19.7 Å². The summed E-state index contributed by atoms with van der Waals surface area (Å²) in [5.41, 5.74) is 1.63. The molecule has 2 aromatic carbocycles. The van der Waals surface area contributed by atoms with Crippen LogP contribution >= 0.6 is 11.3 Å². The quantitative estimate of drug-likeness (QED) is 0.212. The molecule has 0 fully saturated rings. The highest BCUT2D eigenvalue weighted by atomic mass is 32.1. The Labute approximate surface area is 208 Å². The molecule has 0 aliphatic carbocycles. The van der Waals surface area contributed by atoms with Gasteiger partial charge in [0.1, 0.15) is 6.54 Å². The molecule has 1 heterocycles. The second-order valence-electron chi connectivity index (χ2n) is 7.75. The minimum atomic E-state index is -0.478. The van der Waals surface area contributed by atoms with E-state index in [1.54, 1.807) is 34.4 Å². The van der Waals surface area contributed by atoms with Crippen LogP contribution in [0.15, 0.2) is 78.2 Å². The second-order valence-corrected chi connectivity index (χ2v) is 8.78. The number of carbonyl (C=O) groups is 2. The molecule has 0 bridgehead atoms. The Morgan fingerprint density at radius 1 is 1.00 bits per heavy atom. The Kier molecular flexibility index (Phi) is 9.70. The van der Waals surface area contributed by atoms with E-state index in [1.165, 1.54) is 30.2 Å². The summed E-state index contributed by atoms with van der Waals surface area (Å²) in [5, 5.41) is 12.8. The zero-order valence-corrected chi connectivity index (χ0v) is 20.2. The summed E-state index contributed by atoms with van der Waals surface area (Å²) < 4.78 is 5.14. The average molecular weight is 494 g/mol. The number of amides is 2. The van der Waals surface area contributed by atoms with Crippen molar-refractivity contribution in [1.82, 2.24) is 9.80 Å². The van der Waals surface area contributed by atoms with Crippen LogP contribution in [0.25, 0.3) is 6.08 Å². The number of nitro groups is 1. The van der Waals surface area contributed by atoms with E-state index in [0.717, 1.165) is 10.4 Å². The van der Waals surface area contributed by atoms with Crippen molar-refractivity contribution in [2.75, 3.05) is 26.8 Å². The van der Waals surface area contributed by atoms with Gasteiger partial charge in [0.15, 0.2) is 0 Å². The summed E-state index contributed by atoms with van der Waals surface area (Å²) in [6.45, 7) is 1.34. The normalized spacial score (nSPS) is 10.9. The first-order chi connectivity index (χ1) is 17.0. The van der Waals surface area contributed by atoms with Gasteiger partial charge in [-0.2, -0.15) is 0 Å². The summed E-state index contributed by atoms with van der Waals surface area (Å²) in [4.78, 5) is 40.9. The number of nitro benzene ring substituents is 1. The summed E-state index contributed by atoms with van der Waals surface area (Å²) in [6, 6.07) is 19.5. The molecule has 0 aliphatic heterocycles. The van der Waals surface area contributed by atoms with Crippen molar-refractivity contribution < 1.29 is 19.2 Å². The van der Waals surface area contributed by atoms with Gasteiger partial charge >= 0.3 is 0 Å². The predicted molar refractivity (Wildman–Crippen MR) is 136 cm³/mol. The van der Waals surface area contributed by atoms with Gasteiger partial charge in [0.25, 0.3) is 5.69 Å². The molecule has 3 rings (SSSR count). The lowest BCUT2D eigenvalue weighted by molar-refractivity contribution is -0.384. The third-order valence-corrected chi connectivity index (χ3v) is 6.08. The number of ether oxygens (including phenoxy) is 1. The summed E-state index contributed by atoms with van der Waals surface area (Å²) in [7, 11) is 1.54. The van der Waals surface area contributed by atoms with E-state index in [1.807, 2.05) is 47.8 Å². The van der Waals surface area contributed by atoms with Crippen LogP contribution < -0.4 is 0 Å². The largest absolute Gasteiger partial charge is 0.383 e. The van der Waals surface area contributed by atoms with Gasteiger partial charge in [-0.1, -0.05) is 36.4 Å². The lowest BCUT2D eigenvalue weighted by atomic mass is 10.2. The van der Waals surface area contributed by atoms with Gasteiger partial charge in [-0.25, -0.2) is 0 Å². The molecule has 2 amide bonds. The van der Waals surface area contributed by atoms with Gasteiger partial charge in [0.05, 0.1) is 18.1 Å². The van der Waals surface area contributed by atoms with Gasteiger partial charge in [-0.3, -0.25) is 19.7 Å². The third kappa shape index (κ3) is 8.16. The maximum Gasteiger partial charge on any atom is 0.269 e. The Hall–Kier alpha value is -3.82. The number of hydrogen-bond acceptors (Lipinski definition) is 6. The van der Waals surface area contributed by atoms with Gasteiger partial charge in [0.2, 0.25) is 11.8 Å². The Morgan fingerprint density at radius 3 is 2.37 bits per heavy atom. The van der Waals surface area contributed by atoms with E-state index in [2.05, 4.69) is 0 Å². The van der Waals surface area contributed by atoms with Crippen molar-refractivity contribution >= 4 is 34.9 Å². The first-order valence-electron chi connectivity index (χ1n) is 11.0. The van der Waals surface area contributed by atoms with Crippen molar-refractivity contribution in [2.45, 2.75) is 13.1 Å². The van der Waals surface area contributed by atoms with Crippen LogP contribution in [-0.4, -0.2) is 53.3 Å². The lowest BCUT2D eigenvalue weighted by Gasteiger charge is -2.27. The number of hydrogen-bond donors (Lipinski definition) is 0. The monoisotopic (exact) mass is 493 g/mol. The number of benzene rings is 2. The molecule has 0 aliphatic rings. The maximum atomic E-state index is 13.3. The van der Waals surface area contributed by atoms with Crippen LogP contribution in [0, 0.1) is 10.1 Å². The van der Waals surface area contributed by atoms with Gasteiger partial charge < -0.3 is 14.5 Å². The van der Waals surface area contributed by atoms with E-state index in [4.69, 9.17) is 4.74 Å². The second kappa shape index (κ2) is 13.2. The molecule has 0 atom stereocenters. The van der Waals surface area contributed by atoms with Crippen LogP contribution in [0.1, 0.15) is 16.0 Å². The highest BCUT2D eigenvalue weighted by molar-refractivity contribution is 7.09. The van der Waals surface area contributed by atoms with E-state index in [0.29, 0.717) is 18.7 Å². The van der Waals surface area contributed by atoms with Crippen LogP contribution in [0.2, 0.25) is 0 Å². The zero-order chi connectivity index (χ0) is 25.0. The fraction of sp³-hybridized carbons (Fsp3) is 0.231. The average Bonchev–Trinajstić information content (AvgIpc) is 3.38. The van der Waals surface area contributed by atoms with Crippen LogP contribution in [0.5, 0.6) is 0 Å². The van der Waals surface area contributed by atoms with E-state index >= 15 is 0 Å². The number of rotatable bonds is 12. The van der Waals surface area contributed by atoms with Crippen LogP contribution in [0.4, 0.5) is 5.69 Å². The topological polar surface area (TPSA) is 93.0 Å². The standard InChI is InChI=1S/C26H27N3O5S/c1-34-16-15-27(25(30)14-11-21-9-12-23(13-10-21)29(32)33)20-26(31)28(19-24-8-5-17-35-24)18-22-6-3-2-4-7-22/h2-14,17H,15-16,18-20H2,1H3/b14-11+. The smallest absolute Gasteiger partial charge is 0.269 e. The number of thiophene rings is 1. The summed E-state index contributed by atoms with van der Waals surface area (Å²) >= 11 is 1.58. The molecule has 0 saturated heterocycles. The van der Waals surface area contributed by atoms with E-state index < -0.39 is 4.92 Å². The molecule has 9 heteroatoms. The summed E-state index contributed by atoms with van der Waals surface area (Å²) in [5.74, 6) is -0.514. The predicted octanol–water partition coefficient (Wildman–Crippen LogP) is 4.37. The first-order valence-corrected chi connectivity index (χ1v) is 11.9. The highest BCUT2D eigenvalue weighted by Gasteiger charge is 2.21. The van der Waals surface area contributed by atoms with Crippen LogP contribution in [0.3, 0.4) is 0 Å². The Balaban J connectivity index is 1.72. The van der Waals surface area contributed by atoms with Crippen molar-refractivity contribution in [2.24, 2.45) is 0 Å². The first kappa shape index (κ1) is 25.8. The zero-order valence-electron chi connectivity index (χ0n) is 19.4. The van der Waals surface area contributed by atoms with Crippen molar-refractivity contribution in [1.29, 1.82) is 0 Å². The van der Waals surface area contributed by atoms with Gasteiger partial charge in [-0.05, 0) is 40.8 Å². The summed E-state index contributed by atoms with van der Waals surface area (Å²) in [6.07, 6.45) is 2.94. The third-order valence-electron chi connectivity index (χ3n) is 5.22. The SMILES string of the molecule is COCCN(CC(=O)N(Cc1ccccc1)Cc1cccs1)C(=O)/C=C/c1ccc([N+](=O)[O-])cc1. The lowest BCUT2D eigenvalue weighted by Crippen LogP contribution is -2.43. The molecule has 0 spiro atoms. The maximum absolute atomic E-state index is 13.3. The number of nitrogens with zero attached hydrogens (tertiary/aromatic N) is 3.